The predicted octanol–water partition coefficient (Wildman–Crippen LogP) is 1.67. The van der Waals surface area contributed by atoms with Crippen LogP contribution in [0.15, 0.2) is 16.7 Å². The monoisotopic (exact) mass is 263 g/mol. The molecule has 1 saturated carbocycles. The van der Waals surface area contributed by atoms with E-state index in [0.717, 1.165) is 44.5 Å². The summed E-state index contributed by atoms with van der Waals surface area (Å²) in [6.45, 7) is 7.63. The van der Waals surface area contributed by atoms with Crippen molar-refractivity contribution in [2.45, 2.75) is 44.9 Å². The van der Waals surface area contributed by atoms with E-state index in [9.17, 15) is 0 Å². The van der Waals surface area contributed by atoms with E-state index in [1.165, 1.54) is 18.4 Å². The summed E-state index contributed by atoms with van der Waals surface area (Å²) in [6, 6.07) is 3.58. The molecule has 1 unspecified atom stereocenters. The van der Waals surface area contributed by atoms with Crippen LogP contribution in [0.1, 0.15) is 31.1 Å². The number of furan rings is 1. The minimum atomic E-state index is 0.608. The van der Waals surface area contributed by atoms with Crippen LogP contribution in [-0.2, 0) is 13.1 Å². The van der Waals surface area contributed by atoms with E-state index in [-0.39, 0.29) is 0 Å². The molecule has 1 atom stereocenters. The van der Waals surface area contributed by atoms with E-state index in [2.05, 4.69) is 35.2 Å². The molecule has 1 aliphatic carbocycles. The average Bonchev–Trinajstić information content (AvgIpc) is 3.10. The van der Waals surface area contributed by atoms with Gasteiger partial charge in [-0.3, -0.25) is 4.90 Å². The lowest BCUT2D eigenvalue weighted by Crippen LogP contribution is -2.49. The molecule has 1 aromatic rings. The zero-order valence-electron chi connectivity index (χ0n) is 12.1. The molecule has 1 aliphatic heterocycles. The second-order valence-corrected chi connectivity index (χ2v) is 6.16. The van der Waals surface area contributed by atoms with Crippen LogP contribution in [-0.4, -0.2) is 48.6 Å². The molecule has 2 aliphatic rings. The van der Waals surface area contributed by atoms with Crippen LogP contribution < -0.4 is 5.32 Å². The van der Waals surface area contributed by atoms with Crippen LogP contribution in [0.2, 0.25) is 0 Å². The Morgan fingerprint density at radius 3 is 2.95 bits per heavy atom. The van der Waals surface area contributed by atoms with Gasteiger partial charge in [-0.2, -0.15) is 0 Å². The number of hydrogen-bond acceptors (Lipinski definition) is 4. The summed E-state index contributed by atoms with van der Waals surface area (Å²) >= 11 is 0. The van der Waals surface area contributed by atoms with Crippen molar-refractivity contribution >= 4 is 0 Å². The van der Waals surface area contributed by atoms with Crippen molar-refractivity contribution in [1.82, 2.24) is 15.1 Å². The minimum Gasteiger partial charge on any atom is -0.468 e. The molecule has 0 aromatic carbocycles. The highest BCUT2D eigenvalue weighted by Crippen LogP contribution is 2.20. The second-order valence-electron chi connectivity index (χ2n) is 6.16. The van der Waals surface area contributed by atoms with Crippen molar-refractivity contribution in [3.05, 3.63) is 23.7 Å². The fourth-order valence-corrected chi connectivity index (χ4v) is 2.76. The summed E-state index contributed by atoms with van der Waals surface area (Å²) in [5, 5.41) is 3.52. The normalized spacial score (nSPS) is 25.9. The van der Waals surface area contributed by atoms with E-state index >= 15 is 0 Å². The summed E-state index contributed by atoms with van der Waals surface area (Å²) in [7, 11) is 2.20. The molecular weight excluding hydrogens is 238 g/mol. The lowest BCUT2D eigenvalue weighted by molar-refractivity contribution is 0.0875. The molecule has 3 rings (SSSR count). The van der Waals surface area contributed by atoms with Gasteiger partial charge in [0.1, 0.15) is 5.76 Å². The fraction of sp³-hybridized carbons (Fsp3) is 0.733. The highest BCUT2D eigenvalue weighted by Gasteiger charge is 2.23. The summed E-state index contributed by atoms with van der Waals surface area (Å²) in [4.78, 5) is 4.91. The van der Waals surface area contributed by atoms with E-state index in [1.54, 1.807) is 0 Å². The number of hydrogen-bond donors (Lipinski definition) is 1. The van der Waals surface area contributed by atoms with Gasteiger partial charge < -0.3 is 14.6 Å². The molecule has 0 amide bonds. The van der Waals surface area contributed by atoms with Gasteiger partial charge in [0.05, 0.1) is 12.8 Å². The van der Waals surface area contributed by atoms with Gasteiger partial charge in [-0.15, -0.1) is 0 Å². The third-order valence-corrected chi connectivity index (χ3v) is 4.21. The number of piperazine rings is 1. The Bertz CT molecular complexity index is 413. The van der Waals surface area contributed by atoms with E-state index in [0.29, 0.717) is 6.04 Å². The highest BCUT2D eigenvalue weighted by molar-refractivity contribution is 5.13. The fourth-order valence-electron chi connectivity index (χ4n) is 2.76. The molecular formula is C15H25N3O. The number of nitrogens with zero attached hydrogens (tertiary/aromatic N) is 2. The second kappa shape index (κ2) is 5.65. The average molecular weight is 263 g/mol. The third kappa shape index (κ3) is 3.59. The first kappa shape index (κ1) is 13.2. The summed E-state index contributed by atoms with van der Waals surface area (Å²) in [5.41, 5.74) is 1.28. The Morgan fingerprint density at radius 1 is 1.37 bits per heavy atom. The van der Waals surface area contributed by atoms with Crippen LogP contribution >= 0.6 is 0 Å². The molecule has 1 N–H and O–H groups in total. The molecule has 4 heteroatoms. The molecule has 0 bridgehead atoms. The van der Waals surface area contributed by atoms with Crippen LogP contribution in [0, 0.1) is 0 Å². The standard InChI is InChI=1S/C15H25N3O/c1-12-9-17(2)5-6-18(12)10-15-7-13(11-19-15)8-16-14-3-4-14/h7,11-12,14,16H,3-6,8-10H2,1-2H3. The maximum atomic E-state index is 5.70. The molecule has 1 aromatic heterocycles. The molecule has 106 valence electrons. The van der Waals surface area contributed by atoms with Crippen LogP contribution in [0.4, 0.5) is 0 Å². The Kier molecular flexibility index (Phi) is 3.91. The zero-order chi connectivity index (χ0) is 13.2. The summed E-state index contributed by atoms with van der Waals surface area (Å²) in [6.07, 6.45) is 4.58. The van der Waals surface area contributed by atoms with E-state index in [1.807, 2.05) is 6.26 Å². The quantitative estimate of drug-likeness (QED) is 0.875. The lowest BCUT2D eigenvalue weighted by Gasteiger charge is -2.37. The molecule has 0 radical (unpaired) electrons. The molecule has 4 nitrogen and oxygen atoms in total. The van der Waals surface area contributed by atoms with Gasteiger partial charge in [0.2, 0.25) is 0 Å². The van der Waals surface area contributed by atoms with Crippen molar-refractivity contribution in [3.8, 4) is 0 Å². The molecule has 1 saturated heterocycles. The number of likely N-dealkylation sites (N-methyl/N-ethyl adjacent to an activating group) is 1. The van der Waals surface area contributed by atoms with Crippen LogP contribution in [0.3, 0.4) is 0 Å². The van der Waals surface area contributed by atoms with Gasteiger partial charge in [-0.1, -0.05) is 0 Å². The van der Waals surface area contributed by atoms with Crippen molar-refractivity contribution < 1.29 is 4.42 Å². The molecule has 19 heavy (non-hydrogen) atoms. The third-order valence-electron chi connectivity index (χ3n) is 4.21. The lowest BCUT2D eigenvalue weighted by atomic mass is 10.2. The van der Waals surface area contributed by atoms with Gasteiger partial charge in [-0.25, -0.2) is 0 Å². The number of nitrogens with one attached hydrogen (secondary N) is 1. The van der Waals surface area contributed by atoms with Gasteiger partial charge in [-0.05, 0) is 32.9 Å². The van der Waals surface area contributed by atoms with Crippen molar-refractivity contribution in [1.29, 1.82) is 0 Å². The molecule has 2 heterocycles. The largest absolute Gasteiger partial charge is 0.468 e. The minimum absolute atomic E-state index is 0.608. The topological polar surface area (TPSA) is 31.6 Å². The van der Waals surface area contributed by atoms with Gasteiger partial charge in [0.25, 0.3) is 0 Å². The van der Waals surface area contributed by atoms with Crippen LogP contribution in [0.25, 0.3) is 0 Å². The Hall–Kier alpha value is -0.840. The van der Waals surface area contributed by atoms with Gasteiger partial charge in [0.15, 0.2) is 0 Å². The predicted molar refractivity (Wildman–Crippen MR) is 75.9 cm³/mol. The summed E-state index contributed by atoms with van der Waals surface area (Å²) < 4.78 is 5.70. The highest BCUT2D eigenvalue weighted by atomic mass is 16.3. The Labute approximate surface area is 115 Å². The van der Waals surface area contributed by atoms with E-state index in [4.69, 9.17) is 4.42 Å². The van der Waals surface area contributed by atoms with Gasteiger partial charge >= 0.3 is 0 Å². The summed E-state index contributed by atoms with van der Waals surface area (Å²) in [5.74, 6) is 1.10. The Balaban J connectivity index is 1.51. The maximum absolute atomic E-state index is 5.70. The SMILES string of the molecule is CC1CN(C)CCN1Cc1cc(CNC2CC2)co1. The first-order valence-electron chi connectivity index (χ1n) is 7.43. The van der Waals surface area contributed by atoms with Crippen molar-refractivity contribution in [3.63, 3.8) is 0 Å². The van der Waals surface area contributed by atoms with Crippen molar-refractivity contribution in [2.24, 2.45) is 0 Å². The maximum Gasteiger partial charge on any atom is 0.118 e. The first-order valence-corrected chi connectivity index (χ1v) is 7.43. The first-order chi connectivity index (χ1) is 9.20. The van der Waals surface area contributed by atoms with Crippen molar-refractivity contribution in [2.75, 3.05) is 26.7 Å². The molecule has 2 fully saturated rings. The smallest absolute Gasteiger partial charge is 0.118 e. The number of rotatable bonds is 5. The molecule has 0 spiro atoms. The van der Waals surface area contributed by atoms with E-state index < -0.39 is 0 Å². The van der Waals surface area contributed by atoms with Gasteiger partial charge in [0, 0.05) is 43.8 Å². The zero-order valence-corrected chi connectivity index (χ0v) is 12.1. The Morgan fingerprint density at radius 2 is 2.21 bits per heavy atom. The van der Waals surface area contributed by atoms with Crippen LogP contribution in [0.5, 0.6) is 0 Å².